The van der Waals surface area contributed by atoms with Crippen molar-refractivity contribution in [2.75, 3.05) is 0 Å². The maximum atomic E-state index is 2.48. The zero-order chi connectivity index (χ0) is 32.7. The molecule has 0 N–H and O–H groups in total. The quantitative estimate of drug-likeness (QED) is 0.172. The lowest BCUT2D eigenvalue weighted by atomic mass is 9.80. The summed E-state index contributed by atoms with van der Waals surface area (Å²) >= 11 is 0. The van der Waals surface area contributed by atoms with Crippen LogP contribution in [0.1, 0.15) is 25.0 Å². The Morgan fingerprint density at radius 1 is 0.306 bits per heavy atom. The van der Waals surface area contributed by atoms with Gasteiger partial charge in [0, 0.05) is 5.41 Å². The van der Waals surface area contributed by atoms with Crippen LogP contribution in [0.15, 0.2) is 170 Å². The smallest absolute Gasteiger partial charge is 0.0159 e. The molecule has 0 bridgehead atoms. The summed E-state index contributed by atoms with van der Waals surface area (Å²) in [5.41, 5.74) is 13.0. The second-order valence-corrected chi connectivity index (χ2v) is 14.1. The average molecular weight is 623 g/mol. The van der Waals surface area contributed by atoms with Gasteiger partial charge in [-0.05, 0) is 129 Å². The topological polar surface area (TPSA) is 0 Å². The van der Waals surface area contributed by atoms with Gasteiger partial charge < -0.3 is 0 Å². The molecule has 0 saturated carbocycles. The van der Waals surface area contributed by atoms with Gasteiger partial charge >= 0.3 is 0 Å². The maximum absolute atomic E-state index is 2.48. The van der Waals surface area contributed by atoms with E-state index in [1.54, 1.807) is 0 Å². The minimum atomic E-state index is -0.0978. The SMILES string of the molecule is CC1(C)c2cc(-c3c4ccccc4c(-c4cccc(-c5ccc6ccccc6c5)c4)c4ccccc34)ccc2-c2cc3ccccc3cc21. The number of hydrogen-bond acceptors (Lipinski definition) is 0. The van der Waals surface area contributed by atoms with Gasteiger partial charge in [-0.1, -0.05) is 153 Å². The summed E-state index contributed by atoms with van der Waals surface area (Å²) in [6.45, 7) is 4.77. The van der Waals surface area contributed by atoms with Gasteiger partial charge in [0.1, 0.15) is 0 Å². The molecule has 9 aromatic carbocycles. The Morgan fingerprint density at radius 2 is 0.776 bits per heavy atom. The predicted octanol–water partition coefficient (Wildman–Crippen LogP) is 13.6. The van der Waals surface area contributed by atoms with Crippen LogP contribution in [0.25, 0.3) is 87.6 Å². The standard InChI is InChI=1S/C49H34/c1-49(2)45-30-38(24-25-39(45)44-28-34-14-5-6-15-35(34)29-46(44)49)48-42-20-9-7-18-40(42)47(41-19-8-10-21-43(41)48)37-17-11-16-33(27-37)36-23-22-31-12-3-4-13-32(31)26-36/h3-30H,1-2H3. The molecule has 0 heterocycles. The molecule has 0 unspecified atom stereocenters. The highest BCUT2D eigenvalue weighted by atomic mass is 14.4. The lowest BCUT2D eigenvalue weighted by Crippen LogP contribution is -2.15. The molecule has 0 amide bonds. The molecule has 0 spiro atoms. The molecular weight excluding hydrogens is 589 g/mol. The number of fused-ring (bicyclic) bond motifs is 7. The molecule has 0 atom stereocenters. The molecule has 9 aromatic rings. The van der Waals surface area contributed by atoms with Crippen LogP contribution in [0.4, 0.5) is 0 Å². The van der Waals surface area contributed by atoms with E-state index in [-0.39, 0.29) is 5.41 Å². The van der Waals surface area contributed by atoms with Crippen LogP contribution in [0.3, 0.4) is 0 Å². The van der Waals surface area contributed by atoms with E-state index in [0.29, 0.717) is 0 Å². The van der Waals surface area contributed by atoms with E-state index in [1.165, 1.54) is 98.7 Å². The summed E-state index contributed by atoms with van der Waals surface area (Å²) < 4.78 is 0. The Morgan fingerprint density at radius 3 is 1.43 bits per heavy atom. The molecule has 0 nitrogen and oxygen atoms in total. The van der Waals surface area contributed by atoms with Crippen LogP contribution in [-0.2, 0) is 5.41 Å². The third-order valence-corrected chi connectivity index (χ3v) is 11.0. The Balaban J connectivity index is 1.18. The summed E-state index contributed by atoms with van der Waals surface area (Å²) in [6.07, 6.45) is 0. The van der Waals surface area contributed by atoms with Crippen molar-refractivity contribution in [3.8, 4) is 44.5 Å². The second-order valence-electron chi connectivity index (χ2n) is 14.1. The maximum Gasteiger partial charge on any atom is 0.0159 e. The summed E-state index contributed by atoms with van der Waals surface area (Å²) in [4.78, 5) is 0. The first-order valence-corrected chi connectivity index (χ1v) is 17.3. The summed E-state index contributed by atoms with van der Waals surface area (Å²) in [7, 11) is 0. The fourth-order valence-corrected chi connectivity index (χ4v) is 8.55. The Kier molecular flexibility index (Phi) is 6.02. The number of benzene rings is 9. The Bertz CT molecular complexity index is 2740. The zero-order valence-corrected chi connectivity index (χ0v) is 27.7. The predicted molar refractivity (Wildman–Crippen MR) is 210 cm³/mol. The largest absolute Gasteiger partial charge is 0.0616 e. The van der Waals surface area contributed by atoms with E-state index < -0.39 is 0 Å². The normalized spacial score (nSPS) is 13.3. The van der Waals surface area contributed by atoms with E-state index in [9.17, 15) is 0 Å². The molecular formula is C49H34. The van der Waals surface area contributed by atoms with Crippen molar-refractivity contribution in [1.82, 2.24) is 0 Å². The van der Waals surface area contributed by atoms with Crippen LogP contribution in [-0.4, -0.2) is 0 Å². The van der Waals surface area contributed by atoms with Crippen molar-refractivity contribution < 1.29 is 0 Å². The van der Waals surface area contributed by atoms with Crippen molar-refractivity contribution in [3.05, 3.63) is 181 Å². The first-order chi connectivity index (χ1) is 24.0. The molecule has 0 fully saturated rings. The first-order valence-electron chi connectivity index (χ1n) is 17.3. The Labute approximate surface area is 286 Å². The molecule has 49 heavy (non-hydrogen) atoms. The average Bonchev–Trinajstić information content (AvgIpc) is 3.37. The number of rotatable bonds is 3. The van der Waals surface area contributed by atoms with Crippen LogP contribution in [0.2, 0.25) is 0 Å². The third-order valence-electron chi connectivity index (χ3n) is 11.0. The first kappa shape index (κ1) is 28.1. The summed E-state index contributed by atoms with van der Waals surface area (Å²) in [5.74, 6) is 0. The molecule has 1 aliphatic carbocycles. The summed E-state index contributed by atoms with van der Waals surface area (Å²) in [5, 5.41) is 10.3. The lowest BCUT2D eigenvalue weighted by molar-refractivity contribution is 0.661. The van der Waals surface area contributed by atoms with Crippen LogP contribution in [0, 0.1) is 0 Å². The molecule has 10 rings (SSSR count). The highest BCUT2D eigenvalue weighted by Crippen LogP contribution is 2.52. The molecule has 0 radical (unpaired) electrons. The zero-order valence-electron chi connectivity index (χ0n) is 27.7. The van der Waals surface area contributed by atoms with Crippen molar-refractivity contribution in [1.29, 1.82) is 0 Å². The molecule has 0 aliphatic heterocycles. The van der Waals surface area contributed by atoms with Gasteiger partial charge in [-0.15, -0.1) is 0 Å². The highest BCUT2D eigenvalue weighted by molar-refractivity contribution is 6.21. The van der Waals surface area contributed by atoms with Gasteiger partial charge in [-0.3, -0.25) is 0 Å². The number of hydrogen-bond donors (Lipinski definition) is 0. The molecule has 1 aliphatic rings. The van der Waals surface area contributed by atoms with Crippen molar-refractivity contribution >= 4 is 43.1 Å². The highest BCUT2D eigenvalue weighted by Gasteiger charge is 2.36. The van der Waals surface area contributed by atoms with E-state index in [4.69, 9.17) is 0 Å². The van der Waals surface area contributed by atoms with Gasteiger partial charge in [-0.25, -0.2) is 0 Å². The van der Waals surface area contributed by atoms with Crippen LogP contribution >= 0.6 is 0 Å². The molecule has 230 valence electrons. The van der Waals surface area contributed by atoms with E-state index in [2.05, 4.69) is 184 Å². The van der Waals surface area contributed by atoms with Gasteiger partial charge in [-0.2, -0.15) is 0 Å². The van der Waals surface area contributed by atoms with E-state index in [0.717, 1.165) is 0 Å². The fourth-order valence-electron chi connectivity index (χ4n) is 8.55. The van der Waals surface area contributed by atoms with Gasteiger partial charge in [0.15, 0.2) is 0 Å². The fraction of sp³-hybridized carbons (Fsp3) is 0.0612. The van der Waals surface area contributed by atoms with Crippen LogP contribution < -0.4 is 0 Å². The van der Waals surface area contributed by atoms with Gasteiger partial charge in [0.25, 0.3) is 0 Å². The van der Waals surface area contributed by atoms with Crippen molar-refractivity contribution in [2.45, 2.75) is 19.3 Å². The van der Waals surface area contributed by atoms with E-state index in [1.807, 2.05) is 0 Å². The molecule has 0 saturated heterocycles. The molecule has 0 heteroatoms. The summed E-state index contributed by atoms with van der Waals surface area (Å²) in [6, 6.07) is 63.2. The third kappa shape index (κ3) is 4.24. The Hall–Kier alpha value is -5.98. The van der Waals surface area contributed by atoms with Crippen molar-refractivity contribution in [3.63, 3.8) is 0 Å². The van der Waals surface area contributed by atoms with Gasteiger partial charge in [0.05, 0.1) is 0 Å². The lowest BCUT2D eigenvalue weighted by Gasteiger charge is -2.23. The second kappa shape index (κ2) is 10.5. The minimum absolute atomic E-state index is 0.0978. The van der Waals surface area contributed by atoms with Crippen molar-refractivity contribution in [2.24, 2.45) is 0 Å². The minimum Gasteiger partial charge on any atom is -0.0616 e. The van der Waals surface area contributed by atoms with E-state index >= 15 is 0 Å². The van der Waals surface area contributed by atoms with Crippen LogP contribution in [0.5, 0.6) is 0 Å². The monoisotopic (exact) mass is 622 g/mol. The molecule has 0 aromatic heterocycles. The van der Waals surface area contributed by atoms with Gasteiger partial charge in [0.2, 0.25) is 0 Å².